The minimum absolute atomic E-state index is 0.0843. The zero-order chi connectivity index (χ0) is 16.6. The van der Waals surface area contributed by atoms with E-state index in [1.165, 1.54) is 12.2 Å². The Morgan fingerprint density at radius 2 is 1.05 bits per heavy atom. The largest absolute Gasteiger partial charge is 0.290 e. The lowest BCUT2D eigenvalue weighted by molar-refractivity contribution is -0.110. The number of terminal acetylenes is 2. The number of ketones is 1. The van der Waals surface area contributed by atoms with E-state index in [1.807, 2.05) is 38.2 Å². The van der Waals surface area contributed by atoms with E-state index in [4.69, 9.17) is 12.8 Å². The molecule has 0 atom stereocenters. The van der Waals surface area contributed by atoms with Gasteiger partial charge < -0.3 is 0 Å². The van der Waals surface area contributed by atoms with Crippen LogP contribution in [0.25, 0.3) is 0 Å². The van der Waals surface area contributed by atoms with Crippen LogP contribution in [0.1, 0.15) is 13.8 Å². The van der Waals surface area contributed by atoms with Gasteiger partial charge >= 0.3 is 0 Å². The van der Waals surface area contributed by atoms with E-state index in [9.17, 15) is 4.79 Å². The summed E-state index contributed by atoms with van der Waals surface area (Å²) in [6.45, 7) is 3.70. The zero-order valence-corrected chi connectivity index (χ0v) is 13.0. The molecule has 0 aromatic rings. The highest BCUT2D eigenvalue weighted by Crippen LogP contribution is 1.91. The third kappa shape index (κ3) is 12.0. The van der Waals surface area contributed by atoms with E-state index < -0.39 is 0 Å². The van der Waals surface area contributed by atoms with Gasteiger partial charge in [-0.3, -0.25) is 4.79 Å². The topological polar surface area (TPSA) is 17.1 Å². The molecule has 1 heteroatoms. The molecular formula is C21H20O. The smallest absolute Gasteiger partial charge is 0.178 e. The lowest BCUT2D eigenvalue weighted by atomic mass is 10.2. The summed E-state index contributed by atoms with van der Waals surface area (Å²) in [7, 11) is 0. The first-order chi connectivity index (χ1) is 10.6. The summed E-state index contributed by atoms with van der Waals surface area (Å²) in [6, 6.07) is 0. The van der Waals surface area contributed by atoms with Crippen LogP contribution in [0.5, 0.6) is 0 Å². The molecule has 0 aromatic carbocycles. The van der Waals surface area contributed by atoms with Crippen LogP contribution in [0.4, 0.5) is 0 Å². The Bertz CT molecular complexity index is 645. The van der Waals surface area contributed by atoms with Gasteiger partial charge in [0.15, 0.2) is 5.78 Å². The van der Waals surface area contributed by atoms with Crippen LogP contribution in [0.3, 0.4) is 0 Å². The molecule has 0 bridgehead atoms. The predicted molar refractivity (Wildman–Crippen MR) is 95.9 cm³/mol. The Morgan fingerprint density at radius 3 is 1.50 bits per heavy atom. The number of carbonyl (C=O) groups excluding carboxylic acids is 1. The molecule has 110 valence electrons. The number of carbonyl (C=O) groups is 1. The van der Waals surface area contributed by atoms with Gasteiger partial charge in [-0.25, -0.2) is 0 Å². The molecule has 1 nitrogen and oxygen atoms in total. The van der Waals surface area contributed by atoms with Crippen molar-refractivity contribution in [2.45, 2.75) is 13.8 Å². The van der Waals surface area contributed by atoms with E-state index in [1.54, 1.807) is 36.5 Å². The fourth-order valence-electron chi connectivity index (χ4n) is 1.11. The second kappa shape index (κ2) is 13.0. The monoisotopic (exact) mass is 288 g/mol. The lowest BCUT2D eigenvalue weighted by Gasteiger charge is -1.82. The molecule has 0 aromatic heterocycles. The summed E-state index contributed by atoms with van der Waals surface area (Å²) in [5, 5.41) is 0. The molecule has 0 aliphatic carbocycles. The van der Waals surface area contributed by atoms with E-state index >= 15 is 0 Å². The molecule has 0 aliphatic rings. The first kappa shape index (κ1) is 19.0. The van der Waals surface area contributed by atoms with Crippen LogP contribution in [0, 0.1) is 24.7 Å². The van der Waals surface area contributed by atoms with Crippen molar-refractivity contribution in [3.8, 4) is 24.7 Å². The Labute approximate surface area is 133 Å². The first-order valence-electron chi connectivity index (χ1n) is 6.77. The summed E-state index contributed by atoms with van der Waals surface area (Å²) < 4.78 is 0. The molecule has 0 rings (SSSR count). The molecule has 0 saturated carbocycles. The fraction of sp³-hybridized carbons (Fsp3) is 0.0952. The maximum absolute atomic E-state index is 11.5. The van der Waals surface area contributed by atoms with Crippen molar-refractivity contribution in [1.29, 1.82) is 0 Å². The Hall–Kier alpha value is -3.03. The van der Waals surface area contributed by atoms with Gasteiger partial charge in [-0.1, -0.05) is 72.6 Å². The van der Waals surface area contributed by atoms with Crippen LogP contribution < -0.4 is 0 Å². The van der Waals surface area contributed by atoms with Gasteiger partial charge in [0.1, 0.15) is 0 Å². The van der Waals surface area contributed by atoms with E-state index in [-0.39, 0.29) is 5.78 Å². The molecule has 0 fully saturated rings. The van der Waals surface area contributed by atoms with Gasteiger partial charge in [0.25, 0.3) is 0 Å². The van der Waals surface area contributed by atoms with Crippen molar-refractivity contribution in [3.05, 3.63) is 84.1 Å². The summed E-state index contributed by atoms with van der Waals surface area (Å²) >= 11 is 0. The molecule has 0 unspecified atom stereocenters. The van der Waals surface area contributed by atoms with Crippen LogP contribution >= 0.6 is 0 Å². The number of hydrogen-bond donors (Lipinski definition) is 0. The molecule has 0 radical (unpaired) electrons. The first-order valence-corrected chi connectivity index (χ1v) is 6.77. The summed E-state index contributed by atoms with van der Waals surface area (Å²) in [5.41, 5.74) is 1.70. The fourth-order valence-corrected chi connectivity index (χ4v) is 1.11. The third-order valence-corrected chi connectivity index (χ3v) is 2.34. The molecule has 0 amide bonds. The zero-order valence-electron chi connectivity index (χ0n) is 13.0. The third-order valence-electron chi connectivity index (χ3n) is 2.34. The molecule has 22 heavy (non-hydrogen) atoms. The second-order valence-corrected chi connectivity index (χ2v) is 4.26. The van der Waals surface area contributed by atoms with Gasteiger partial charge in [-0.05, 0) is 37.1 Å². The van der Waals surface area contributed by atoms with Crippen molar-refractivity contribution in [2.24, 2.45) is 0 Å². The average molecular weight is 288 g/mol. The van der Waals surface area contributed by atoms with Crippen molar-refractivity contribution >= 4 is 5.78 Å². The van der Waals surface area contributed by atoms with Gasteiger partial charge in [-0.15, -0.1) is 12.8 Å². The minimum Gasteiger partial charge on any atom is -0.290 e. The predicted octanol–water partition coefficient (Wildman–Crippen LogP) is 4.50. The summed E-state index contributed by atoms with van der Waals surface area (Å²) in [4.78, 5) is 11.5. The second-order valence-electron chi connectivity index (χ2n) is 4.26. The highest BCUT2D eigenvalue weighted by molar-refractivity contribution is 5.99. The Kier molecular flexibility index (Phi) is 11.2. The van der Waals surface area contributed by atoms with Crippen molar-refractivity contribution in [3.63, 3.8) is 0 Å². The Balaban J connectivity index is 4.23. The minimum atomic E-state index is -0.0843. The number of rotatable bonds is 7. The average Bonchev–Trinajstić information content (AvgIpc) is 2.52. The SMILES string of the molecule is C#C\C(C)=C/C=C/C=C/C=C/C(=O)/C=C/C=C/C=C(/C)C#C. The number of hydrogen-bond acceptors (Lipinski definition) is 1. The van der Waals surface area contributed by atoms with Crippen LogP contribution in [-0.4, -0.2) is 5.78 Å². The highest BCUT2D eigenvalue weighted by atomic mass is 16.1. The van der Waals surface area contributed by atoms with Gasteiger partial charge in [-0.2, -0.15) is 0 Å². The van der Waals surface area contributed by atoms with Crippen LogP contribution in [0.2, 0.25) is 0 Å². The summed E-state index contributed by atoms with van der Waals surface area (Å²) in [6.07, 6.45) is 31.2. The number of allylic oxidation sites excluding steroid dienone is 14. The van der Waals surface area contributed by atoms with Gasteiger partial charge in [0, 0.05) is 0 Å². The lowest BCUT2D eigenvalue weighted by Crippen LogP contribution is -1.82. The van der Waals surface area contributed by atoms with Crippen molar-refractivity contribution in [1.82, 2.24) is 0 Å². The van der Waals surface area contributed by atoms with Gasteiger partial charge in [0.2, 0.25) is 0 Å². The summed E-state index contributed by atoms with van der Waals surface area (Å²) in [5.74, 6) is 4.94. The van der Waals surface area contributed by atoms with Gasteiger partial charge in [0.05, 0.1) is 0 Å². The van der Waals surface area contributed by atoms with Crippen LogP contribution in [0.15, 0.2) is 84.1 Å². The molecule has 0 N–H and O–H groups in total. The molecule has 0 saturated heterocycles. The highest BCUT2D eigenvalue weighted by Gasteiger charge is 1.83. The molecule has 0 spiro atoms. The van der Waals surface area contributed by atoms with Crippen molar-refractivity contribution in [2.75, 3.05) is 0 Å². The van der Waals surface area contributed by atoms with E-state index in [2.05, 4.69) is 11.8 Å². The molecule has 0 aliphatic heterocycles. The molecular weight excluding hydrogens is 268 g/mol. The quantitative estimate of drug-likeness (QED) is 0.383. The Morgan fingerprint density at radius 1 is 0.682 bits per heavy atom. The maximum Gasteiger partial charge on any atom is 0.178 e. The standard InChI is InChI=1S/C21H20O/c1-5-19(3)15-11-8-7-9-13-17-21(22)18-14-10-12-16-20(4)6-2/h1-2,7-18H,3-4H3/b9-7+,11-8+,12-10+,17-13+,18-14+,19-15-,20-16-. The van der Waals surface area contributed by atoms with Crippen LogP contribution in [-0.2, 0) is 4.79 Å². The molecule has 0 heterocycles. The van der Waals surface area contributed by atoms with E-state index in [0.29, 0.717) is 0 Å². The van der Waals surface area contributed by atoms with Crippen molar-refractivity contribution < 1.29 is 4.79 Å². The normalized spacial score (nSPS) is 13.6. The maximum atomic E-state index is 11.5. The van der Waals surface area contributed by atoms with E-state index in [0.717, 1.165) is 11.1 Å².